The zero-order valence-corrected chi connectivity index (χ0v) is 13.0. The lowest BCUT2D eigenvalue weighted by Crippen LogP contribution is -2.21. The normalized spacial score (nSPS) is 19.8. The highest BCUT2D eigenvalue weighted by molar-refractivity contribution is 6.05. The highest BCUT2D eigenvalue weighted by Crippen LogP contribution is 2.40. The summed E-state index contributed by atoms with van der Waals surface area (Å²) in [6.45, 7) is 0. The van der Waals surface area contributed by atoms with E-state index in [0.29, 0.717) is 6.42 Å². The summed E-state index contributed by atoms with van der Waals surface area (Å²) in [4.78, 5) is 12.6. The van der Waals surface area contributed by atoms with E-state index >= 15 is 0 Å². The van der Waals surface area contributed by atoms with Crippen molar-refractivity contribution in [2.45, 2.75) is 24.6 Å². The predicted molar refractivity (Wildman–Crippen MR) is 88.3 cm³/mol. The van der Waals surface area contributed by atoms with Crippen molar-refractivity contribution < 1.29 is 18.0 Å². The summed E-state index contributed by atoms with van der Waals surface area (Å²) < 4.78 is 38.3. The first-order valence-electron chi connectivity index (χ1n) is 7.64. The van der Waals surface area contributed by atoms with E-state index < -0.39 is 11.7 Å². The van der Waals surface area contributed by atoms with Crippen molar-refractivity contribution in [1.29, 1.82) is 0 Å². The van der Waals surface area contributed by atoms with E-state index in [1.807, 2.05) is 32.2 Å². The van der Waals surface area contributed by atoms with Crippen LogP contribution < -0.4 is 10.5 Å². The number of nitrogens with one attached hydrogen (secondary N) is 2. The highest BCUT2D eigenvalue weighted by Gasteiger charge is 2.35. The second-order valence-corrected chi connectivity index (χ2v) is 5.83. The van der Waals surface area contributed by atoms with Gasteiger partial charge in [-0.2, -0.15) is 13.2 Å². The van der Waals surface area contributed by atoms with Gasteiger partial charge in [0.15, 0.2) is 7.98 Å². The molecule has 24 heavy (non-hydrogen) atoms. The molecule has 1 aliphatic carbocycles. The molecule has 0 saturated carbocycles. The van der Waals surface area contributed by atoms with Gasteiger partial charge in [-0.3, -0.25) is 4.79 Å². The Morgan fingerprint density at radius 2 is 1.79 bits per heavy atom. The van der Waals surface area contributed by atoms with Crippen LogP contribution >= 0.6 is 0 Å². The molecule has 2 unspecified atom stereocenters. The number of carbonyl (C=O) groups is 1. The second-order valence-electron chi connectivity index (χ2n) is 5.83. The van der Waals surface area contributed by atoms with Crippen molar-refractivity contribution in [1.82, 2.24) is 5.23 Å². The maximum Gasteiger partial charge on any atom is 0.416 e. The monoisotopic (exact) mass is 332 g/mol. The molecule has 0 radical (unpaired) electrons. The number of halogens is 3. The largest absolute Gasteiger partial charge is 0.416 e. The number of carbonyl (C=O) groups excluding carboxylic acids is 1. The van der Waals surface area contributed by atoms with Crippen LogP contribution in [0.4, 0.5) is 18.9 Å². The maximum atomic E-state index is 12.8. The van der Waals surface area contributed by atoms with E-state index in [0.717, 1.165) is 23.3 Å². The van der Waals surface area contributed by atoms with Crippen LogP contribution in [-0.4, -0.2) is 13.9 Å². The predicted octanol–water partition coefficient (Wildman–Crippen LogP) is 3.01. The molecule has 2 aromatic carbocycles. The molecule has 1 amide bonds. The molecule has 0 spiro atoms. The number of anilines is 1. The van der Waals surface area contributed by atoms with Gasteiger partial charge < -0.3 is 10.5 Å². The summed E-state index contributed by atoms with van der Waals surface area (Å²) in [6.07, 6.45) is -3.85. The summed E-state index contributed by atoms with van der Waals surface area (Å²) in [7, 11) is 1.83. The lowest BCUT2D eigenvalue weighted by molar-refractivity contribution is -0.137. The van der Waals surface area contributed by atoms with Crippen LogP contribution in [-0.2, 0) is 11.0 Å². The van der Waals surface area contributed by atoms with Crippen molar-refractivity contribution in [3.8, 4) is 0 Å². The van der Waals surface area contributed by atoms with Gasteiger partial charge in [0.05, 0.1) is 11.5 Å². The number of hydrogen-bond acceptors (Lipinski definition) is 2. The Hall–Kier alpha value is -2.28. The van der Waals surface area contributed by atoms with Crippen LogP contribution in [0.1, 0.15) is 35.1 Å². The van der Waals surface area contributed by atoms with E-state index in [-0.39, 0.29) is 23.6 Å². The molecular weight excluding hydrogens is 316 g/mol. The molecule has 3 rings (SSSR count). The molecule has 2 N–H and O–H groups in total. The van der Waals surface area contributed by atoms with Crippen molar-refractivity contribution in [2.75, 3.05) is 5.32 Å². The van der Waals surface area contributed by atoms with Crippen LogP contribution in [0.3, 0.4) is 0 Å². The summed E-state index contributed by atoms with van der Waals surface area (Å²) >= 11 is 0. The standard InChI is InChI=1S/C17H16BF3N2O/c18-23-15-9-14(12-6-1-2-7-13(12)15)16(24)22-11-5-3-4-10(8-11)17(19,20)21/h1-8,14-15,23H,9,18H2,(H,22,24). The smallest absolute Gasteiger partial charge is 0.356 e. The van der Waals surface area contributed by atoms with Gasteiger partial charge in [-0.05, 0) is 35.7 Å². The Labute approximate surface area is 138 Å². The Balaban J connectivity index is 1.82. The number of fused-ring (bicyclic) bond motifs is 1. The quantitative estimate of drug-likeness (QED) is 0.849. The molecule has 0 saturated heterocycles. The minimum Gasteiger partial charge on any atom is -0.356 e. The summed E-state index contributed by atoms with van der Waals surface area (Å²) in [5.41, 5.74) is 1.35. The third-order valence-corrected chi connectivity index (χ3v) is 4.34. The molecule has 7 heteroatoms. The van der Waals surface area contributed by atoms with Crippen LogP contribution in [0.2, 0.25) is 0 Å². The van der Waals surface area contributed by atoms with Crippen molar-refractivity contribution in [3.05, 3.63) is 65.2 Å². The first kappa shape index (κ1) is 16.6. The zero-order chi connectivity index (χ0) is 17.3. The Morgan fingerprint density at radius 1 is 1.08 bits per heavy atom. The van der Waals surface area contributed by atoms with Crippen LogP contribution in [0.5, 0.6) is 0 Å². The molecule has 0 heterocycles. The lowest BCUT2D eigenvalue weighted by Gasteiger charge is -2.14. The minimum atomic E-state index is -4.43. The molecule has 0 fully saturated rings. The topological polar surface area (TPSA) is 41.1 Å². The molecule has 124 valence electrons. The van der Waals surface area contributed by atoms with Crippen molar-refractivity contribution in [2.24, 2.45) is 0 Å². The number of rotatable bonds is 3. The lowest BCUT2D eigenvalue weighted by atomic mass is 10.0. The number of benzene rings is 2. The molecule has 1 aliphatic rings. The molecule has 2 aromatic rings. The van der Waals surface area contributed by atoms with Gasteiger partial charge in [0.25, 0.3) is 0 Å². The molecule has 0 aromatic heterocycles. The maximum absolute atomic E-state index is 12.8. The SMILES string of the molecule is BNC1CC(C(=O)Nc2cccc(C(F)(F)F)c2)c2ccccc21. The minimum absolute atomic E-state index is 0.0680. The third kappa shape index (κ3) is 3.17. The fraction of sp³-hybridized carbons (Fsp3) is 0.235. The number of amides is 1. The third-order valence-electron chi connectivity index (χ3n) is 4.34. The van der Waals surface area contributed by atoms with E-state index in [1.54, 1.807) is 0 Å². The van der Waals surface area contributed by atoms with Crippen LogP contribution in [0.25, 0.3) is 0 Å². The van der Waals surface area contributed by atoms with E-state index in [9.17, 15) is 18.0 Å². The molecule has 0 bridgehead atoms. The average molecular weight is 332 g/mol. The number of alkyl halides is 3. The van der Waals surface area contributed by atoms with Gasteiger partial charge in [0.1, 0.15) is 0 Å². The van der Waals surface area contributed by atoms with E-state index in [1.165, 1.54) is 12.1 Å². The highest BCUT2D eigenvalue weighted by atomic mass is 19.4. The van der Waals surface area contributed by atoms with Gasteiger partial charge in [0.2, 0.25) is 5.91 Å². The van der Waals surface area contributed by atoms with Gasteiger partial charge in [-0.1, -0.05) is 30.3 Å². The molecular formula is C17H16BF3N2O. The fourth-order valence-corrected chi connectivity index (χ4v) is 3.16. The van der Waals surface area contributed by atoms with Crippen LogP contribution in [0.15, 0.2) is 48.5 Å². The van der Waals surface area contributed by atoms with Crippen LogP contribution in [0, 0.1) is 0 Å². The van der Waals surface area contributed by atoms with Gasteiger partial charge >= 0.3 is 6.18 Å². The van der Waals surface area contributed by atoms with Crippen molar-refractivity contribution >= 4 is 19.6 Å². The molecule has 3 nitrogen and oxygen atoms in total. The van der Waals surface area contributed by atoms with Gasteiger partial charge in [-0.25, -0.2) is 0 Å². The Morgan fingerprint density at radius 3 is 2.46 bits per heavy atom. The summed E-state index contributed by atoms with van der Waals surface area (Å²) in [6, 6.07) is 12.4. The summed E-state index contributed by atoms with van der Waals surface area (Å²) in [5, 5.41) is 5.78. The number of hydrogen-bond donors (Lipinski definition) is 2. The van der Waals surface area contributed by atoms with E-state index in [4.69, 9.17) is 0 Å². The van der Waals surface area contributed by atoms with E-state index in [2.05, 4.69) is 10.5 Å². The Bertz CT molecular complexity index is 763. The second kappa shape index (κ2) is 6.32. The fourth-order valence-electron chi connectivity index (χ4n) is 3.16. The molecule has 2 atom stereocenters. The first-order chi connectivity index (χ1) is 11.4. The van der Waals surface area contributed by atoms with Gasteiger partial charge in [-0.15, -0.1) is 0 Å². The van der Waals surface area contributed by atoms with Gasteiger partial charge in [0, 0.05) is 11.7 Å². The zero-order valence-electron chi connectivity index (χ0n) is 13.0. The first-order valence-corrected chi connectivity index (χ1v) is 7.64. The molecule has 0 aliphatic heterocycles. The summed E-state index contributed by atoms with van der Waals surface area (Å²) in [5.74, 6) is -0.673. The van der Waals surface area contributed by atoms with Crippen molar-refractivity contribution in [3.63, 3.8) is 0 Å². The Kier molecular flexibility index (Phi) is 4.36. The average Bonchev–Trinajstić information content (AvgIpc) is 2.93.